The molecule has 2 saturated heterocycles. The van der Waals surface area contributed by atoms with Gasteiger partial charge in [0.05, 0.1) is 18.8 Å². The second kappa shape index (κ2) is 14.6. The van der Waals surface area contributed by atoms with Crippen LogP contribution in [0.2, 0.25) is 0 Å². The summed E-state index contributed by atoms with van der Waals surface area (Å²) in [5, 5.41) is 15.4. The molecule has 2 aliphatic heterocycles. The van der Waals surface area contributed by atoms with Gasteiger partial charge in [-0.05, 0) is 54.8 Å². The number of carbonyl (C=O) groups excluding carboxylic acids is 1. The molecule has 4 atom stereocenters. The molecule has 2 aliphatic rings. The monoisotopic (exact) mass is 557 g/mol. The molecule has 2 amide bonds. The average Bonchev–Trinajstić information content (AvgIpc) is 2.99. The Morgan fingerprint density at radius 3 is 2.32 bits per heavy atom. The summed E-state index contributed by atoms with van der Waals surface area (Å²) in [6.45, 7) is 5.76. The lowest BCUT2D eigenvalue weighted by molar-refractivity contribution is -0.276. The van der Waals surface area contributed by atoms with Crippen LogP contribution in [0.25, 0.3) is 0 Å². The van der Waals surface area contributed by atoms with Gasteiger partial charge in [0.2, 0.25) is 0 Å². The summed E-state index contributed by atoms with van der Waals surface area (Å²) in [6.07, 6.45) is 5.64. The number of hydrogen-bond donors (Lipinski definition) is 3. The van der Waals surface area contributed by atoms with E-state index in [-0.39, 0.29) is 30.8 Å². The molecule has 2 heterocycles. The molecule has 3 aromatic rings. The maximum Gasteiger partial charge on any atom is 0.319 e. The summed E-state index contributed by atoms with van der Waals surface area (Å²) in [5.41, 5.74) is 4.55. The topological polar surface area (TPSA) is 83.1 Å². The highest BCUT2D eigenvalue weighted by molar-refractivity contribution is 5.89. The van der Waals surface area contributed by atoms with Gasteiger partial charge in [0.15, 0.2) is 6.29 Å². The SMILES string of the molecule is C[C@@H]1[C@H](CN2CCCCCCC2)O[C@H](c2cccc(NC(=O)NCc3ccccc3)c2)O[C@@H]1c1ccc(CO)cc1. The lowest BCUT2D eigenvalue weighted by Gasteiger charge is -2.43. The number of hydrogen-bond acceptors (Lipinski definition) is 5. The maximum atomic E-state index is 12.6. The molecular formula is C34H43N3O4. The Kier molecular flexibility index (Phi) is 10.4. The molecule has 7 heteroatoms. The number of anilines is 1. The van der Waals surface area contributed by atoms with Crippen molar-refractivity contribution < 1.29 is 19.4 Å². The third-order valence-corrected chi connectivity index (χ3v) is 8.22. The molecule has 0 spiro atoms. The summed E-state index contributed by atoms with van der Waals surface area (Å²) < 4.78 is 13.3. The fraction of sp³-hybridized carbons (Fsp3) is 0.441. The number of likely N-dealkylation sites (tertiary alicyclic amines) is 1. The number of amides is 2. The van der Waals surface area contributed by atoms with Crippen LogP contribution in [-0.2, 0) is 22.6 Å². The normalized spacial score (nSPS) is 23.8. The molecule has 218 valence electrons. The number of ether oxygens (including phenoxy) is 2. The molecule has 41 heavy (non-hydrogen) atoms. The molecule has 3 N–H and O–H groups in total. The Bertz CT molecular complexity index is 1230. The lowest BCUT2D eigenvalue weighted by atomic mass is 9.89. The third kappa shape index (κ3) is 8.17. The molecule has 0 bridgehead atoms. The predicted molar refractivity (Wildman–Crippen MR) is 161 cm³/mol. The van der Waals surface area contributed by atoms with Gasteiger partial charge in [-0.3, -0.25) is 0 Å². The fourth-order valence-corrected chi connectivity index (χ4v) is 5.79. The second-order valence-electron chi connectivity index (χ2n) is 11.3. The van der Waals surface area contributed by atoms with Gasteiger partial charge < -0.3 is 30.1 Å². The molecule has 0 radical (unpaired) electrons. The first-order valence-electron chi connectivity index (χ1n) is 15.0. The van der Waals surface area contributed by atoms with E-state index in [1.807, 2.05) is 66.7 Å². The highest BCUT2D eigenvalue weighted by Crippen LogP contribution is 2.42. The Morgan fingerprint density at radius 2 is 1.59 bits per heavy atom. The minimum atomic E-state index is -0.567. The number of nitrogens with zero attached hydrogens (tertiary/aromatic N) is 1. The third-order valence-electron chi connectivity index (χ3n) is 8.22. The fourth-order valence-electron chi connectivity index (χ4n) is 5.79. The Labute approximate surface area is 243 Å². The first-order chi connectivity index (χ1) is 20.1. The van der Waals surface area contributed by atoms with Crippen molar-refractivity contribution in [2.45, 2.75) is 70.7 Å². The molecule has 0 aromatic heterocycles. The molecule has 0 unspecified atom stereocenters. The largest absolute Gasteiger partial charge is 0.392 e. The summed E-state index contributed by atoms with van der Waals surface area (Å²) >= 11 is 0. The van der Waals surface area contributed by atoms with Gasteiger partial charge >= 0.3 is 6.03 Å². The average molecular weight is 558 g/mol. The summed E-state index contributed by atoms with van der Waals surface area (Å²) in [6, 6.07) is 25.3. The zero-order valence-corrected chi connectivity index (χ0v) is 24.0. The van der Waals surface area contributed by atoms with E-state index in [0.29, 0.717) is 12.2 Å². The van der Waals surface area contributed by atoms with Crippen molar-refractivity contribution >= 4 is 11.7 Å². The van der Waals surface area contributed by atoms with Gasteiger partial charge in [0.1, 0.15) is 0 Å². The van der Waals surface area contributed by atoms with Crippen molar-refractivity contribution in [3.8, 4) is 0 Å². The van der Waals surface area contributed by atoms with Crippen LogP contribution in [0.4, 0.5) is 10.5 Å². The molecule has 3 aromatic carbocycles. The van der Waals surface area contributed by atoms with E-state index in [2.05, 4.69) is 34.6 Å². The Morgan fingerprint density at radius 1 is 0.854 bits per heavy atom. The van der Waals surface area contributed by atoms with Crippen molar-refractivity contribution in [2.24, 2.45) is 5.92 Å². The number of aliphatic hydroxyl groups excluding tert-OH is 1. The number of nitrogens with one attached hydrogen (secondary N) is 2. The van der Waals surface area contributed by atoms with Crippen LogP contribution in [0.1, 0.15) is 73.7 Å². The van der Waals surface area contributed by atoms with Crippen molar-refractivity contribution in [3.63, 3.8) is 0 Å². The summed E-state index contributed by atoms with van der Waals surface area (Å²) in [5.74, 6) is 0.140. The van der Waals surface area contributed by atoms with E-state index in [1.54, 1.807) is 0 Å². The number of carbonyl (C=O) groups is 1. The van der Waals surface area contributed by atoms with E-state index in [0.717, 1.165) is 41.9 Å². The van der Waals surface area contributed by atoms with Crippen molar-refractivity contribution in [3.05, 3.63) is 101 Å². The first-order valence-corrected chi connectivity index (χ1v) is 15.0. The van der Waals surface area contributed by atoms with Crippen LogP contribution in [0, 0.1) is 5.92 Å². The molecule has 2 fully saturated rings. The van der Waals surface area contributed by atoms with E-state index < -0.39 is 6.29 Å². The van der Waals surface area contributed by atoms with Crippen LogP contribution in [0.5, 0.6) is 0 Å². The Hall–Kier alpha value is -3.23. The van der Waals surface area contributed by atoms with Gasteiger partial charge in [-0.2, -0.15) is 0 Å². The molecule has 0 saturated carbocycles. The van der Waals surface area contributed by atoms with Crippen LogP contribution >= 0.6 is 0 Å². The molecule has 5 rings (SSSR count). The van der Waals surface area contributed by atoms with Crippen LogP contribution in [-0.4, -0.2) is 41.8 Å². The van der Waals surface area contributed by atoms with Crippen molar-refractivity contribution in [2.75, 3.05) is 25.0 Å². The minimum Gasteiger partial charge on any atom is -0.392 e. The van der Waals surface area contributed by atoms with E-state index >= 15 is 0 Å². The number of urea groups is 1. The zero-order chi connectivity index (χ0) is 28.4. The predicted octanol–water partition coefficient (Wildman–Crippen LogP) is 6.56. The Balaban J connectivity index is 1.31. The van der Waals surface area contributed by atoms with Crippen LogP contribution < -0.4 is 10.6 Å². The molecule has 0 aliphatic carbocycles. The van der Waals surface area contributed by atoms with E-state index in [9.17, 15) is 9.90 Å². The maximum absolute atomic E-state index is 12.6. The summed E-state index contributed by atoms with van der Waals surface area (Å²) in [4.78, 5) is 15.2. The second-order valence-corrected chi connectivity index (χ2v) is 11.3. The number of aliphatic hydroxyl groups is 1. The highest BCUT2D eigenvalue weighted by Gasteiger charge is 2.39. The van der Waals surface area contributed by atoms with Crippen molar-refractivity contribution in [1.82, 2.24) is 10.2 Å². The smallest absolute Gasteiger partial charge is 0.319 e. The highest BCUT2D eigenvalue weighted by atomic mass is 16.7. The summed E-state index contributed by atoms with van der Waals surface area (Å²) in [7, 11) is 0. The molecular weight excluding hydrogens is 514 g/mol. The minimum absolute atomic E-state index is 0.0125. The van der Waals surface area contributed by atoms with Gasteiger partial charge in [0.25, 0.3) is 0 Å². The van der Waals surface area contributed by atoms with Crippen molar-refractivity contribution in [1.29, 1.82) is 0 Å². The quantitative estimate of drug-likeness (QED) is 0.292. The first kappa shape index (κ1) is 29.3. The zero-order valence-electron chi connectivity index (χ0n) is 24.0. The van der Waals surface area contributed by atoms with E-state index in [1.165, 1.54) is 32.1 Å². The lowest BCUT2D eigenvalue weighted by Crippen LogP contribution is -2.45. The molecule has 7 nitrogen and oxygen atoms in total. The number of rotatable bonds is 8. The van der Waals surface area contributed by atoms with E-state index in [4.69, 9.17) is 9.47 Å². The van der Waals surface area contributed by atoms with Crippen LogP contribution in [0.15, 0.2) is 78.9 Å². The standard InChI is InChI=1S/C34H43N3O4/c1-25-31(23-37-19-8-3-2-4-9-20-37)40-33(41-32(25)28-17-15-27(24-38)16-18-28)29-13-10-14-30(21-29)36-34(39)35-22-26-11-6-5-7-12-26/h5-7,10-18,21,25,31-33,38H,2-4,8-9,19-20,22-24H2,1H3,(H2,35,36,39)/t25-,31+,32+,33+/m1/s1. The van der Waals surface area contributed by atoms with Gasteiger partial charge in [0, 0.05) is 30.3 Å². The van der Waals surface area contributed by atoms with Gasteiger partial charge in [-0.1, -0.05) is 92.9 Å². The van der Waals surface area contributed by atoms with Gasteiger partial charge in [-0.25, -0.2) is 4.79 Å². The number of benzene rings is 3. The van der Waals surface area contributed by atoms with Gasteiger partial charge in [-0.15, -0.1) is 0 Å². The van der Waals surface area contributed by atoms with Crippen LogP contribution in [0.3, 0.4) is 0 Å².